The summed E-state index contributed by atoms with van der Waals surface area (Å²) in [5, 5.41) is 3.15. The van der Waals surface area contributed by atoms with Gasteiger partial charge in [0.15, 0.2) is 0 Å². The van der Waals surface area contributed by atoms with Crippen LogP contribution in [0.1, 0.15) is 13.3 Å². The summed E-state index contributed by atoms with van der Waals surface area (Å²) in [5.74, 6) is 0.301. The first-order valence-electron chi connectivity index (χ1n) is 4.47. The molecule has 78 valence electrons. The molecule has 0 aliphatic carbocycles. The van der Waals surface area contributed by atoms with E-state index in [2.05, 4.69) is 17.0 Å². The van der Waals surface area contributed by atoms with Crippen molar-refractivity contribution in [1.29, 1.82) is 0 Å². The van der Waals surface area contributed by atoms with Crippen LogP contribution in [-0.2, 0) is 14.3 Å². The molecule has 0 saturated heterocycles. The molecule has 1 atom stereocenters. The molecule has 0 rings (SSSR count). The lowest BCUT2D eigenvalue weighted by Crippen LogP contribution is -2.26. The minimum Gasteiger partial charge on any atom is -0.469 e. The molecule has 0 bridgehead atoms. The summed E-state index contributed by atoms with van der Waals surface area (Å²) >= 11 is 0. The van der Waals surface area contributed by atoms with Crippen LogP contribution in [0.3, 0.4) is 0 Å². The summed E-state index contributed by atoms with van der Waals surface area (Å²) < 4.78 is 9.47. The first-order valence-corrected chi connectivity index (χ1v) is 4.47. The Hall–Kier alpha value is -0.610. The van der Waals surface area contributed by atoms with E-state index in [1.54, 1.807) is 7.11 Å². The van der Waals surface area contributed by atoms with Crippen LogP contribution >= 0.6 is 0 Å². The van der Waals surface area contributed by atoms with Crippen molar-refractivity contribution in [3.63, 3.8) is 0 Å². The minimum absolute atomic E-state index is 0.174. The summed E-state index contributed by atoms with van der Waals surface area (Å²) in [5.41, 5.74) is 0. The fraction of sp³-hybridized carbons (Fsp3) is 0.889. The summed E-state index contributed by atoms with van der Waals surface area (Å²) in [6, 6.07) is 0. The van der Waals surface area contributed by atoms with Crippen LogP contribution in [-0.4, -0.2) is 39.9 Å². The van der Waals surface area contributed by atoms with E-state index < -0.39 is 0 Å². The van der Waals surface area contributed by atoms with E-state index in [1.165, 1.54) is 7.11 Å². The van der Waals surface area contributed by atoms with E-state index in [1.807, 2.05) is 0 Å². The Morgan fingerprint density at radius 3 is 2.69 bits per heavy atom. The van der Waals surface area contributed by atoms with Crippen molar-refractivity contribution in [1.82, 2.24) is 5.32 Å². The molecule has 0 aromatic carbocycles. The predicted molar refractivity (Wildman–Crippen MR) is 50.5 cm³/mol. The highest BCUT2D eigenvalue weighted by molar-refractivity contribution is 5.69. The molecule has 0 aliphatic rings. The van der Waals surface area contributed by atoms with Crippen LogP contribution in [0, 0.1) is 5.92 Å². The Labute approximate surface area is 79.6 Å². The molecule has 0 radical (unpaired) electrons. The molecule has 0 fully saturated rings. The number of hydrogen-bond acceptors (Lipinski definition) is 4. The lowest BCUT2D eigenvalue weighted by molar-refractivity contribution is -0.140. The molecule has 0 heterocycles. The van der Waals surface area contributed by atoms with Crippen molar-refractivity contribution in [2.45, 2.75) is 13.3 Å². The second-order valence-electron chi connectivity index (χ2n) is 3.09. The zero-order chi connectivity index (χ0) is 10.1. The highest BCUT2D eigenvalue weighted by atomic mass is 16.5. The highest BCUT2D eigenvalue weighted by Crippen LogP contribution is 1.92. The average molecular weight is 189 g/mol. The number of hydrogen-bond donors (Lipinski definition) is 1. The Kier molecular flexibility index (Phi) is 7.63. The standard InChI is InChI=1S/C9H19NO3/c1-8(7-12-2)6-10-5-4-9(11)13-3/h8,10H,4-7H2,1-3H3. The van der Waals surface area contributed by atoms with Gasteiger partial charge in [0, 0.05) is 20.3 Å². The van der Waals surface area contributed by atoms with Gasteiger partial charge < -0.3 is 14.8 Å². The van der Waals surface area contributed by atoms with Gasteiger partial charge in [-0.2, -0.15) is 0 Å². The van der Waals surface area contributed by atoms with Gasteiger partial charge in [0.1, 0.15) is 0 Å². The fourth-order valence-electron chi connectivity index (χ4n) is 0.984. The molecule has 1 unspecified atom stereocenters. The van der Waals surface area contributed by atoms with Gasteiger partial charge in [0.2, 0.25) is 0 Å². The molecule has 13 heavy (non-hydrogen) atoms. The summed E-state index contributed by atoms with van der Waals surface area (Å²) in [7, 11) is 3.08. The molecule has 0 aliphatic heterocycles. The average Bonchev–Trinajstić information content (AvgIpc) is 2.12. The SMILES string of the molecule is COCC(C)CNCCC(=O)OC. The first-order chi connectivity index (χ1) is 6.20. The second-order valence-corrected chi connectivity index (χ2v) is 3.09. The number of carbonyl (C=O) groups excluding carboxylic acids is 1. The van der Waals surface area contributed by atoms with Crippen LogP contribution in [0.2, 0.25) is 0 Å². The first kappa shape index (κ1) is 12.4. The van der Waals surface area contributed by atoms with Crippen molar-refractivity contribution < 1.29 is 14.3 Å². The van der Waals surface area contributed by atoms with Gasteiger partial charge in [-0.25, -0.2) is 0 Å². The van der Waals surface area contributed by atoms with Crippen molar-refractivity contribution in [2.24, 2.45) is 5.92 Å². The van der Waals surface area contributed by atoms with E-state index in [0.29, 0.717) is 18.9 Å². The number of carbonyl (C=O) groups is 1. The lowest BCUT2D eigenvalue weighted by atomic mass is 10.2. The third-order valence-electron chi connectivity index (χ3n) is 1.68. The van der Waals surface area contributed by atoms with Crippen LogP contribution in [0.4, 0.5) is 0 Å². The zero-order valence-electron chi connectivity index (χ0n) is 8.63. The molecule has 4 nitrogen and oxygen atoms in total. The minimum atomic E-state index is -0.174. The van der Waals surface area contributed by atoms with Crippen LogP contribution in [0.25, 0.3) is 0 Å². The Morgan fingerprint density at radius 1 is 1.46 bits per heavy atom. The quantitative estimate of drug-likeness (QED) is 0.466. The zero-order valence-corrected chi connectivity index (χ0v) is 8.63. The maximum absolute atomic E-state index is 10.7. The van der Waals surface area contributed by atoms with Crippen LogP contribution in [0.15, 0.2) is 0 Å². The Balaban J connectivity index is 3.20. The Morgan fingerprint density at radius 2 is 2.15 bits per heavy atom. The number of rotatable bonds is 7. The van der Waals surface area contributed by atoms with Gasteiger partial charge in [0.05, 0.1) is 13.5 Å². The van der Waals surface area contributed by atoms with E-state index in [0.717, 1.165) is 13.2 Å². The molecular formula is C9H19NO3. The number of ether oxygens (including phenoxy) is 2. The number of methoxy groups -OCH3 is 2. The second kappa shape index (κ2) is 8.01. The molecule has 0 spiro atoms. The van der Waals surface area contributed by atoms with Gasteiger partial charge in [0.25, 0.3) is 0 Å². The molecule has 0 aromatic heterocycles. The van der Waals surface area contributed by atoms with Gasteiger partial charge >= 0.3 is 5.97 Å². The maximum atomic E-state index is 10.7. The van der Waals surface area contributed by atoms with Gasteiger partial charge in [-0.3, -0.25) is 4.79 Å². The summed E-state index contributed by atoms with van der Waals surface area (Å²) in [6.45, 7) is 4.37. The third-order valence-corrected chi connectivity index (χ3v) is 1.68. The van der Waals surface area contributed by atoms with Crippen molar-refractivity contribution in [2.75, 3.05) is 33.9 Å². The Bertz CT molecular complexity index is 139. The summed E-state index contributed by atoms with van der Waals surface area (Å²) in [6.07, 6.45) is 0.427. The van der Waals surface area contributed by atoms with Crippen molar-refractivity contribution in [3.05, 3.63) is 0 Å². The largest absolute Gasteiger partial charge is 0.469 e. The molecule has 0 aromatic rings. The van der Waals surface area contributed by atoms with E-state index in [-0.39, 0.29) is 5.97 Å². The van der Waals surface area contributed by atoms with Gasteiger partial charge in [-0.05, 0) is 12.5 Å². The fourth-order valence-corrected chi connectivity index (χ4v) is 0.984. The molecule has 1 N–H and O–H groups in total. The molecule has 0 amide bonds. The highest BCUT2D eigenvalue weighted by Gasteiger charge is 2.02. The van der Waals surface area contributed by atoms with Crippen LogP contribution < -0.4 is 5.32 Å². The normalized spacial score (nSPS) is 12.5. The third kappa shape index (κ3) is 7.74. The number of nitrogens with one attached hydrogen (secondary N) is 1. The van der Waals surface area contributed by atoms with E-state index in [4.69, 9.17) is 4.74 Å². The van der Waals surface area contributed by atoms with Crippen molar-refractivity contribution in [3.8, 4) is 0 Å². The topological polar surface area (TPSA) is 47.6 Å². The maximum Gasteiger partial charge on any atom is 0.306 e. The molecule has 0 saturated carbocycles. The van der Waals surface area contributed by atoms with E-state index >= 15 is 0 Å². The van der Waals surface area contributed by atoms with Crippen molar-refractivity contribution >= 4 is 5.97 Å². The van der Waals surface area contributed by atoms with Gasteiger partial charge in [-0.15, -0.1) is 0 Å². The van der Waals surface area contributed by atoms with Gasteiger partial charge in [-0.1, -0.05) is 6.92 Å². The smallest absolute Gasteiger partial charge is 0.306 e. The number of esters is 1. The molecular weight excluding hydrogens is 170 g/mol. The predicted octanol–water partition coefficient (Wildman–Crippen LogP) is 0.422. The molecule has 4 heteroatoms. The monoisotopic (exact) mass is 189 g/mol. The van der Waals surface area contributed by atoms with E-state index in [9.17, 15) is 4.79 Å². The van der Waals surface area contributed by atoms with Crippen LogP contribution in [0.5, 0.6) is 0 Å². The lowest BCUT2D eigenvalue weighted by Gasteiger charge is -2.10. The summed E-state index contributed by atoms with van der Waals surface area (Å²) in [4.78, 5) is 10.7.